The maximum Gasteiger partial charge on any atom is 0.206 e. The first-order chi connectivity index (χ1) is 9.70. The number of anilines is 1. The highest BCUT2D eigenvalue weighted by Gasteiger charge is 2.13. The van der Waals surface area contributed by atoms with E-state index in [4.69, 9.17) is 11.6 Å². The van der Waals surface area contributed by atoms with Gasteiger partial charge in [0.15, 0.2) is 4.34 Å². The van der Waals surface area contributed by atoms with E-state index in [0.29, 0.717) is 0 Å². The summed E-state index contributed by atoms with van der Waals surface area (Å²) in [6.45, 7) is 5.27. The Hall–Kier alpha value is -0.780. The topological polar surface area (TPSA) is 37.8 Å². The Morgan fingerprint density at radius 3 is 2.90 bits per heavy atom. The zero-order valence-electron chi connectivity index (χ0n) is 11.6. The zero-order chi connectivity index (χ0) is 14.4. The number of nitrogens with zero attached hydrogens (tertiary/aromatic N) is 2. The van der Waals surface area contributed by atoms with Gasteiger partial charge in [0.2, 0.25) is 5.13 Å². The highest BCUT2D eigenvalue weighted by atomic mass is 35.5. The molecule has 20 heavy (non-hydrogen) atoms. The minimum Gasteiger partial charge on any atom is -0.360 e. The molecule has 0 fully saturated rings. The second-order valence-corrected chi connectivity index (χ2v) is 7.41. The largest absolute Gasteiger partial charge is 0.360 e. The minimum atomic E-state index is 0.264. The predicted molar refractivity (Wildman–Crippen MR) is 89.0 cm³/mol. The molecule has 0 aliphatic heterocycles. The van der Waals surface area contributed by atoms with E-state index >= 15 is 0 Å². The van der Waals surface area contributed by atoms with Crippen molar-refractivity contribution >= 4 is 39.8 Å². The fourth-order valence-electron chi connectivity index (χ4n) is 1.72. The van der Waals surface area contributed by atoms with E-state index < -0.39 is 0 Å². The summed E-state index contributed by atoms with van der Waals surface area (Å²) < 4.78 is 0.969. The van der Waals surface area contributed by atoms with E-state index in [-0.39, 0.29) is 5.25 Å². The van der Waals surface area contributed by atoms with Crippen LogP contribution in [0.1, 0.15) is 37.5 Å². The average molecular weight is 328 g/mol. The van der Waals surface area contributed by atoms with Gasteiger partial charge in [0.05, 0.1) is 0 Å². The molecule has 0 amide bonds. The van der Waals surface area contributed by atoms with Crippen molar-refractivity contribution in [1.82, 2.24) is 10.2 Å². The van der Waals surface area contributed by atoms with Crippen LogP contribution in [0.25, 0.3) is 0 Å². The molecule has 1 heterocycles. The van der Waals surface area contributed by atoms with Crippen LogP contribution in [0.3, 0.4) is 0 Å². The monoisotopic (exact) mass is 327 g/mol. The first-order valence-electron chi connectivity index (χ1n) is 6.69. The molecule has 1 atom stereocenters. The molecule has 2 aromatic rings. The normalized spacial score (nSPS) is 12.3. The summed E-state index contributed by atoms with van der Waals surface area (Å²) in [6, 6.07) is 7.94. The van der Waals surface area contributed by atoms with Crippen LogP contribution in [-0.4, -0.2) is 16.7 Å². The summed E-state index contributed by atoms with van der Waals surface area (Å²) in [4.78, 5) is 0. The van der Waals surface area contributed by atoms with Gasteiger partial charge in [-0.2, -0.15) is 0 Å². The van der Waals surface area contributed by atoms with Gasteiger partial charge in [-0.15, -0.1) is 10.2 Å². The van der Waals surface area contributed by atoms with Crippen molar-refractivity contribution in [3.8, 4) is 0 Å². The molecule has 1 aromatic heterocycles. The Morgan fingerprint density at radius 2 is 2.15 bits per heavy atom. The van der Waals surface area contributed by atoms with E-state index in [9.17, 15) is 0 Å². The lowest BCUT2D eigenvalue weighted by Crippen LogP contribution is -1.99. The lowest BCUT2D eigenvalue weighted by atomic mass is 10.2. The molecule has 1 aromatic carbocycles. The Balaban J connectivity index is 1.95. The SMILES string of the molecule is CCCCNc1nnc(SC(C)c2ccccc2Cl)s1. The van der Waals surface area contributed by atoms with Crippen LogP contribution in [0, 0.1) is 0 Å². The molecule has 6 heteroatoms. The van der Waals surface area contributed by atoms with Crippen molar-refractivity contribution in [2.24, 2.45) is 0 Å². The van der Waals surface area contributed by atoms with E-state index in [1.807, 2.05) is 18.2 Å². The predicted octanol–water partition coefficient (Wildman–Crippen LogP) is 5.26. The van der Waals surface area contributed by atoms with Gasteiger partial charge in [0, 0.05) is 16.8 Å². The third-order valence-corrected chi connectivity index (χ3v) is 5.28. The summed E-state index contributed by atoms with van der Waals surface area (Å²) in [5.74, 6) is 0. The van der Waals surface area contributed by atoms with Gasteiger partial charge >= 0.3 is 0 Å². The van der Waals surface area contributed by atoms with Crippen LogP contribution in [0.4, 0.5) is 5.13 Å². The molecular weight excluding hydrogens is 310 g/mol. The fourth-order valence-corrected chi connectivity index (χ4v) is 4.17. The quantitative estimate of drug-likeness (QED) is 0.556. The minimum absolute atomic E-state index is 0.264. The van der Waals surface area contributed by atoms with Crippen molar-refractivity contribution in [2.45, 2.75) is 36.3 Å². The first-order valence-corrected chi connectivity index (χ1v) is 8.76. The van der Waals surface area contributed by atoms with E-state index in [1.54, 1.807) is 23.1 Å². The second kappa shape index (κ2) is 7.86. The Morgan fingerprint density at radius 1 is 1.35 bits per heavy atom. The molecular formula is C14H18ClN3S2. The summed E-state index contributed by atoms with van der Waals surface area (Å²) in [6.07, 6.45) is 2.33. The van der Waals surface area contributed by atoms with Gasteiger partial charge in [-0.25, -0.2) is 0 Å². The van der Waals surface area contributed by atoms with E-state index in [0.717, 1.165) is 33.0 Å². The molecule has 108 valence electrons. The number of halogens is 1. The lowest BCUT2D eigenvalue weighted by molar-refractivity contribution is 0.830. The van der Waals surface area contributed by atoms with Crippen molar-refractivity contribution < 1.29 is 0 Å². The molecule has 3 nitrogen and oxygen atoms in total. The number of hydrogen-bond acceptors (Lipinski definition) is 5. The highest BCUT2D eigenvalue weighted by Crippen LogP contribution is 2.39. The van der Waals surface area contributed by atoms with Crippen molar-refractivity contribution in [2.75, 3.05) is 11.9 Å². The Kier molecular flexibility index (Phi) is 6.13. The average Bonchev–Trinajstić information content (AvgIpc) is 2.87. The molecule has 1 N–H and O–H groups in total. The van der Waals surface area contributed by atoms with Crippen molar-refractivity contribution in [3.63, 3.8) is 0 Å². The number of benzene rings is 1. The Labute approximate surface area is 133 Å². The van der Waals surface area contributed by atoms with E-state index in [2.05, 4.69) is 35.4 Å². The molecule has 0 radical (unpaired) electrons. The summed E-state index contributed by atoms with van der Waals surface area (Å²) in [5, 5.41) is 13.6. The first kappa shape index (κ1) is 15.6. The third-order valence-electron chi connectivity index (χ3n) is 2.83. The molecule has 0 aliphatic carbocycles. The Bertz CT molecular complexity index is 545. The van der Waals surface area contributed by atoms with Crippen LogP contribution >= 0.6 is 34.7 Å². The zero-order valence-corrected chi connectivity index (χ0v) is 14.0. The number of aromatic nitrogens is 2. The number of nitrogens with one attached hydrogen (secondary N) is 1. The summed E-state index contributed by atoms with van der Waals surface area (Å²) in [5.41, 5.74) is 1.13. The number of unbranched alkanes of at least 4 members (excludes halogenated alkanes) is 1. The molecule has 1 unspecified atom stereocenters. The molecule has 0 bridgehead atoms. The second-order valence-electron chi connectivity index (χ2n) is 4.44. The van der Waals surface area contributed by atoms with Crippen LogP contribution in [-0.2, 0) is 0 Å². The van der Waals surface area contributed by atoms with Crippen LogP contribution in [0.2, 0.25) is 5.02 Å². The van der Waals surface area contributed by atoms with Crippen LogP contribution in [0.5, 0.6) is 0 Å². The molecule has 2 rings (SSSR count). The van der Waals surface area contributed by atoms with Gasteiger partial charge in [-0.1, -0.05) is 66.2 Å². The maximum atomic E-state index is 6.22. The lowest BCUT2D eigenvalue weighted by Gasteiger charge is -2.10. The van der Waals surface area contributed by atoms with E-state index in [1.165, 1.54) is 6.42 Å². The number of hydrogen-bond donors (Lipinski definition) is 1. The molecule has 0 aliphatic rings. The maximum absolute atomic E-state index is 6.22. The number of rotatable bonds is 7. The van der Waals surface area contributed by atoms with Crippen LogP contribution < -0.4 is 5.32 Å². The van der Waals surface area contributed by atoms with Gasteiger partial charge in [0.25, 0.3) is 0 Å². The van der Waals surface area contributed by atoms with Crippen molar-refractivity contribution in [1.29, 1.82) is 0 Å². The molecule has 0 spiro atoms. The van der Waals surface area contributed by atoms with Gasteiger partial charge in [0.1, 0.15) is 0 Å². The van der Waals surface area contributed by atoms with Gasteiger partial charge in [-0.3, -0.25) is 0 Å². The molecule has 0 saturated carbocycles. The fraction of sp³-hybridized carbons (Fsp3) is 0.429. The van der Waals surface area contributed by atoms with Crippen LogP contribution in [0.15, 0.2) is 28.6 Å². The summed E-state index contributed by atoms with van der Waals surface area (Å²) in [7, 11) is 0. The smallest absolute Gasteiger partial charge is 0.206 e. The van der Waals surface area contributed by atoms with Gasteiger partial charge < -0.3 is 5.32 Å². The van der Waals surface area contributed by atoms with Gasteiger partial charge in [-0.05, 0) is 25.0 Å². The third kappa shape index (κ3) is 4.36. The molecule has 0 saturated heterocycles. The number of thioether (sulfide) groups is 1. The van der Waals surface area contributed by atoms with Crippen molar-refractivity contribution in [3.05, 3.63) is 34.9 Å². The summed E-state index contributed by atoms with van der Waals surface area (Å²) >= 11 is 9.51. The highest BCUT2D eigenvalue weighted by molar-refractivity contribution is 8.01. The standard InChI is InChI=1S/C14H18ClN3S2/c1-3-4-9-16-13-17-18-14(20-13)19-10(2)11-7-5-6-8-12(11)15/h5-8,10H,3-4,9H2,1-2H3,(H,16,17).